The van der Waals surface area contributed by atoms with Gasteiger partial charge in [0.2, 0.25) is 0 Å². The summed E-state index contributed by atoms with van der Waals surface area (Å²) in [5.74, 6) is 0. The lowest BCUT2D eigenvalue weighted by atomic mass is 10.0. The van der Waals surface area contributed by atoms with E-state index in [9.17, 15) is 0 Å². The van der Waals surface area contributed by atoms with E-state index in [1.807, 2.05) is 0 Å². The molecule has 23 heavy (non-hydrogen) atoms. The Morgan fingerprint density at radius 3 is 1.78 bits per heavy atom. The van der Waals surface area contributed by atoms with Crippen molar-refractivity contribution in [1.82, 2.24) is 4.90 Å². The first kappa shape index (κ1) is 14.5. The Labute approximate surface area is 138 Å². The van der Waals surface area contributed by atoms with Crippen molar-refractivity contribution in [3.63, 3.8) is 0 Å². The molecule has 0 spiro atoms. The number of nitrogens with zero attached hydrogens (tertiary/aromatic N) is 3. The van der Waals surface area contributed by atoms with E-state index in [1.165, 1.54) is 18.6 Å². The summed E-state index contributed by atoms with van der Waals surface area (Å²) in [4.78, 5) is 2.55. The zero-order chi connectivity index (χ0) is 15.6. The highest BCUT2D eigenvalue weighted by Crippen LogP contribution is 2.34. The molecule has 2 aromatic rings. The van der Waals surface area contributed by atoms with Crippen molar-refractivity contribution in [3.05, 3.63) is 60.7 Å². The second-order valence-electron chi connectivity index (χ2n) is 6.61. The van der Waals surface area contributed by atoms with E-state index in [0.29, 0.717) is 12.1 Å². The molecule has 2 fully saturated rings. The second kappa shape index (κ2) is 6.17. The van der Waals surface area contributed by atoms with Crippen LogP contribution >= 0.6 is 0 Å². The third-order valence-electron chi connectivity index (χ3n) is 5.17. The monoisotopic (exact) mass is 305 g/mol. The number of piperidine rings is 1. The van der Waals surface area contributed by atoms with Gasteiger partial charge in [-0.2, -0.15) is 5.10 Å². The fourth-order valence-corrected chi connectivity index (χ4v) is 3.84. The molecule has 3 nitrogen and oxygen atoms in total. The lowest BCUT2D eigenvalue weighted by Gasteiger charge is -2.33. The van der Waals surface area contributed by atoms with Gasteiger partial charge < -0.3 is 0 Å². The molecule has 2 aliphatic rings. The average Bonchev–Trinajstić information content (AvgIpc) is 2.83. The zero-order valence-electron chi connectivity index (χ0n) is 13.6. The molecule has 0 N–H and O–H groups in total. The van der Waals surface area contributed by atoms with Crippen LogP contribution in [0.3, 0.4) is 0 Å². The summed E-state index contributed by atoms with van der Waals surface area (Å²) in [6.45, 7) is 0. The molecule has 2 aliphatic heterocycles. The standard InChI is InChI=1S/C20H23N3/c1-22-19-12-13-20(22)15-16(14-19)21-23(17-8-4-2-5-9-17)18-10-6-3-7-11-18/h2-11,19-20H,12-15H2,1H3. The van der Waals surface area contributed by atoms with Gasteiger partial charge >= 0.3 is 0 Å². The van der Waals surface area contributed by atoms with Crippen LogP contribution < -0.4 is 5.01 Å². The molecule has 0 aliphatic carbocycles. The van der Waals surface area contributed by atoms with E-state index >= 15 is 0 Å². The molecule has 0 radical (unpaired) electrons. The van der Waals surface area contributed by atoms with Crippen molar-refractivity contribution >= 4 is 17.1 Å². The quantitative estimate of drug-likeness (QED) is 0.781. The van der Waals surface area contributed by atoms with Gasteiger partial charge in [0.15, 0.2) is 0 Å². The van der Waals surface area contributed by atoms with Gasteiger partial charge in [-0.15, -0.1) is 0 Å². The fraction of sp³-hybridized carbons (Fsp3) is 0.350. The Morgan fingerprint density at radius 2 is 1.30 bits per heavy atom. The van der Waals surface area contributed by atoms with Crippen LogP contribution in [0.4, 0.5) is 11.4 Å². The molecule has 0 aromatic heterocycles. The zero-order valence-corrected chi connectivity index (χ0v) is 13.6. The van der Waals surface area contributed by atoms with Crippen LogP contribution in [0, 0.1) is 0 Å². The highest BCUT2D eigenvalue weighted by Gasteiger charge is 2.36. The number of rotatable bonds is 3. The Kier molecular flexibility index (Phi) is 3.88. The Morgan fingerprint density at radius 1 is 0.826 bits per heavy atom. The minimum absolute atomic E-state index is 0.681. The van der Waals surface area contributed by atoms with Gasteiger partial charge in [0.25, 0.3) is 0 Å². The Balaban J connectivity index is 1.68. The maximum absolute atomic E-state index is 5.07. The predicted molar refractivity (Wildman–Crippen MR) is 96.3 cm³/mol. The first-order valence-corrected chi connectivity index (χ1v) is 8.50. The van der Waals surface area contributed by atoms with E-state index in [0.717, 1.165) is 24.2 Å². The molecule has 4 rings (SSSR count). The SMILES string of the molecule is CN1C2CCC1CC(=NN(c1ccccc1)c1ccccc1)C2. The van der Waals surface area contributed by atoms with E-state index in [1.54, 1.807) is 0 Å². The summed E-state index contributed by atoms with van der Waals surface area (Å²) < 4.78 is 0. The molecular formula is C20H23N3. The highest BCUT2D eigenvalue weighted by molar-refractivity contribution is 5.88. The van der Waals surface area contributed by atoms with E-state index in [4.69, 9.17) is 5.10 Å². The Bertz CT molecular complexity index is 625. The molecule has 2 unspecified atom stereocenters. The number of anilines is 2. The van der Waals surface area contributed by atoms with Crippen molar-refractivity contribution < 1.29 is 0 Å². The summed E-state index contributed by atoms with van der Waals surface area (Å²) in [5.41, 5.74) is 3.58. The maximum Gasteiger partial charge on any atom is 0.0652 e. The van der Waals surface area contributed by atoms with Gasteiger partial charge in [-0.1, -0.05) is 36.4 Å². The van der Waals surface area contributed by atoms with Crippen LogP contribution in [-0.2, 0) is 0 Å². The smallest absolute Gasteiger partial charge is 0.0652 e. The van der Waals surface area contributed by atoms with E-state index < -0.39 is 0 Å². The van der Waals surface area contributed by atoms with Gasteiger partial charge in [0.1, 0.15) is 0 Å². The molecular weight excluding hydrogens is 282 g/mol. The van der Waals surface area contributed by atoms with Crippen LogP contribution in [0.5, 0.6) is 0 Å². The van der Waals surface area contributed by atoms with Crippen LogP contribution in [0.15, 0.2) is 65.8 Å². The average molecular weight is 305 g/mol. The number of hydrazone groups is 1. The minimum Gasteiger partial charge on any atom is -0.300 e. The molecule has 2 aromatic carbocycles. The normalized spacial score (nSPS) is 23.8. The van der Waals surface area contributed by atoms with Crippen LogP contribution in [-0.4, -0.2) is 29.7 Å². The van der Waals surface area contributed by atoms with Crippen molar-refractivity contribution in [3.8, 4) is 0 Å². The first-order valence-electron chi connectivity index (χ1n) is 8.50. The number of hydrogen-bond donors (Lipinski definition) is 0. The minimum atomic E-state index is 0.681. The summed E-state index contributed by atoms with van der Waals surface area (Å²) in [6.07, 6.45) is 4.83. The topological polar surface area (TPSA) is 18.8 Å². The predicted octanol–water partition coefficient (Wildman–Crippen LogP) is 4.44. The fourth-order valence-electron chi connectivity index (χ4n) is 3.84. The van der Waals surface area contributed by atoms with Crippen molar-refractivity contribution in [2.45, 2.75) is 37.8 Å². The maximum atomic E-state index is 5.07. The number of hydrogen-bond acceptors (Lipinski definition) is 3. The van der Waals surface area contributed by atoms with Gasteiger partial charge in [0, 0.05) is 30.6 Å². The summed E-state index contributed by atoms with van der Waals surface area (Å²) in [5, 5.41) is 7.17. The second-order valence-corrected chi connectivity index (χ2v) is 6.61. The summed E-state index contributed by atoms with van der Waals surface area (Å²) in [7, 11) is 2.27. The van der Waals surface area contributed by atoms with Crippen molar-refractivity contribution in [1.29, 1.82) is 0 Å². The van der Waals surface area contributed by atoms with Gasteiger partial charge in [-0.3, -0.25) is 4.90 Å². The lowest BCUT2D eigenvalue weighted by molar-refractivity contribution is 0.231. The molecule has 2 atom stereocenters. The van der Waals surface area contributed by atoms with E-state index in [2.05, 4.69) is 77.6 Å². The largest absolute Gasteiger partial charge is 0.300 e. The molecule has 3 heteroatoms. The molecule has 118 valence electrons. The number of benzene rings is 2. The van der Waals surface area contributed by atoms with Crippen molar-refractivity contribution in [2.24, 2.45) is 5.10 Å². The lowest BCUT2D eigenvalue weighted by Crippen LogP contribution is -2.40. The third-order valence-corrected chi connectivity index (χ3v) is 5.17. The summed E-state index contributed by atoms with van der Waals surface area (Å²) in [6, 6.07) is 22.3. The molecule has 2 bridgehead atoms. The van der Waals surface area contributed by atoms with Crippen LogP contribution in [0.2, 0.25) is 0 Å². The van der Waals surface area contributed by atoms with E-state index in [-0.39, 0.29) is 0 Å². The molecule has 2 saturated heterocycles. The Hall–Kier alpha value is -2.13. The number of para-hydroxylation sites is 2. The van der Waals surface area contributed by atoms with Gasteiger partial charge in [-0.05, 0) is 44.2 Å². The van der Waals surface area contributed by atoms with Crippen LogP contribution in [0.25, 0.3) is 0 Å². The van der Waals surface area contributed by atoms with Gasteiger partial charge in [0.05, 0.1) is 11.4 Å². The van der Waals surface area contributed by atoms with Crippen LogP contribution in [0.1, 0.15) is 25.7 Å². The molecule has 0 amide bonds. The van der Waals surface area contributed by atoms with Crippen molar-refractivity contribution in [2.75, 3.05) is 12.1 Å². The molecule has 0 saturated carbocycles. The van der Waals surface area contributed by atoms with Gasteiger partial charge in [-0.25, -0.2) is 5.01 Å². The summed E-state index contributed by atoms with van der Waals surface area (Å²) >= 11 is 0. The number of fused-ring (bicyclic) bond motifs is 2. The third kappa shape index (κ3) is 2.89. The highest BCUT2D eigenvalue weighted by atomic mass is 15.5. The molecule has 2 heterocycles. The first-order chi connectivity index (χ1) is 11.3.